The van der Waals surface area contributed by atoms with Crippen molar-refractivity contribution in [2.75, 3.05) is 6.61 Å². The highest BCUT2D eigenvalue weighted by atomic mass is 16.6. The lowest BCUT2D eigenvalue weighted by Crippen LogP contribution is -2.42. The zero-order chi connectivity index (χ0) is 16.5. The Morgan fingerprint density at radius 3 is 2.78 bits per heavy atom. The Balaban J connectivity index is 1.65. The van der Waals surface area contributed by atoms with Crippen molar-refractivity contribution < 1.29 is 9.63 Å². The van der Waals surface area contributed by atoms with Crippen molar-refractivity contribution in [1.29, 1.82) is 0 Å². The SMILES string of the molecule is CC1CCCCC1NC(=O)CO/N=C(\N)CCc1ccccc1. The third kappa shape index (κ3) is 6.30. The van der Waals surface area contributed by atoms with Crippen LogP contribution in [0.1, 0.15) is 44.6 Å². The largest absolute Gasteiger partial charge is 0.384 e. The van der Waals surface area contributed by atoms with E-state index in [1.807, 2.05) is 30.3 Å². The molecular formula is C18H27N3O2. The number of amides is 1. The standard InChI is InChI=1S/C18H27N3O2/c1-14-7-5-6-10-16(14)20-18(22)13-23-21-17(19)12-11-15-8-3-2-4-9-15/h2-4,8-9,14,16H,5-7,10-13H2,1H3,(H2,19,21)(H,20,22). The Labute approximate surface area is 138 Å². The lowest BCUT2D eigenvalue weighted by molar-refractivity contribution is -0.126. The number of hydrogen-bond acceptors (Lipinski definition) is 3. The summed E-state index contributed by atoms with van der Waals surface area (Å²) in [6.45, 7) is 2.11. The number of oxime groups is 1. The third-order valence-corrected chi connectivity index (χ3v) is 4.35. The highest BCUT2D eigenvalue weighted by Gasteiger charge is 2.22. The Morgan fingerprint density at radius 1 is 1.30 bits per heavy atom. The zero-order valence-electron chi connectivity index (χ0n) is 13.8. The van der Waals surface area contributed by atoms with Gasteiger partial charge < -0.3 is 15.9 Å². The molecule has 0 spiro atoms. The van der Waals surface area contributed by atoms with Gasteiger partial charge in [-0.1, -0.05) is 55.3 Å². The van der Waals surface area contributed by atoms with Gasteiger partial charge in [0.25, 0.3) is 5.91 Å². The van der Waals surface area contributed by atoms with Crippen molar-refractivity contribution in [2.24, 2.45) is 16.8 Å². The normalized spacial score (nSPS) is 21.7. The molecule has 0 bridgehead atoms. The molecule has 23 heavy (non-hydrogen) atoms. The molecule has 1 amide bonds. The van der Waals surface area contributed by atoms with E-state index < -0.39 is 0 Å². The summed E-state index contributed by atoms with van der Waals surface area (Å²) < 4.78 is 0. The maximum Gasteiger partial charge on any atom is 0.261 e. The van der Waals surface area contributed by atoms with Gasteiger partial charge in [0, 0.05) is 12.5 Å². The first-order valence-corrected chi connectivity index (χ1v) is 8.42. The predicted molar refractivity (Wildman–Crippen MR) is 91.9 cm³/mol. The van der Waals surface area contributed by atoms with Gasteiger partial charge in [-0.3, -0.25) is 4.79 Å². The molecule has 0 radical (unpaired) electrons. The van der Waals surface area contributed by atoms with E-state index in [0.717, 1.165) is 12.8 Å². The number of nitrogens with one attached hydrogen (secondary N) is 1. The maximum absolute atomic E-state index is 11.9. The Bertz CT molecular complexity index is 516. The average Bonchev–Trinajstić information content (AvgIpc) is 2.56. The minimum absolute atomic E-state index is 0.0741. The summed E-state index contributed by atoms with van der Waals surface area (Å²) in [6.07, 6.45) is 6.09. The summed E-state index contributed by atoms with van der Waals surface area (Å²) >= 11 is 0. The summed E-state index contributed by atoms with van der Waals surface area (Å²) in [5.74, 6) is 0.822. The molecule has 2 rings (SSSR count). The topological polar surface area (TPSA) is 76.7 Å². The van der Waals surface area contributed by atoms with Crippen LogP contribution >= 0.6 is 0 Å². The molecule has 1 aliphatic rings. The van der Waals surface area contributed by atoms with Gasteiger partial charge >= 0.3 is 0 Å². The first-order chi connectivity index (χ1) is 11.1. The molecule has 2 atom stereocenters. The van der Waals surface area contributed by atoms with E-state index in [4.69, 9.17) is 10.6 Å². The molecule has 1 aromatic carbocycles. The molecule has 1 aromatic rings. The first kappa shape index (κ1) is 17.3. The Kier molecular flexibility index (Phi) is 6.91. The number of hydrogen-bond donors (Lipinski definition) is 2. The monoisotopic (exact) mass is 317 g/mol. The zero-order valence-corrected chi connectivity index (χ0v) is 13.8. The van der Waals surface area contributed by atoms with E-state index in [1.54, 1.807) is 0 Å². The maximum atomic E-state index is 11.9. The van der Waals surface area contributed by atoms with Crippen LogP contribution in [0.5, 0.6) is 0 Å². The molecule has 5 heteroatoms. The van der Waals surface area contributed by atoms with Crippen molar-refractivity contribution in [2.45, 2.75) is 51.5 Å². The number of nitrogens with two attached hydrogens (primary N) is 1. The van der Waals surface area contributed by atoms with Crippen molar-refractivity contribution in [1.82, 2.24) is 5.32 Å². The summed E-state index contributed by atoms with van der Waals surface area (Å²) in [7, 11) is 0. The van der Waals surface area contributed by atoms with E-state index in [2.05, 4.69) is 17.4 Å². The molecule has 2 unspecified atom stereocenters. The van der Waals surface area contributed by atoms with Crippen molar-refractivity contribution in [3.05, 3.63) is 35.9 Å². The summed E-state index contributed by atoms with van der Waals surface area (Å²) in [6, 6.07) is 10.3. The molecule has 0 aromatic heterocycles. The molecule has 0 heterocycles. The molecule has 126 valence electrons. The van der Waals surface area contributed by atoms with Gasteiger partial charge in [-0.25, -0.2) is 0 Å². The number of aryl methyl sites for hydroxylation is 1. The van der Waals surface area contributed by atoms with E-state index in [-0.39, 0.29) is 18.6 Å². The molecule has 1 aliphatic carbocycles. The van der Waals surface area contributed by atoms with Gasteiger partial charge in [-0.2, -0.15) is 0 Å². The average molecular weight is 317 g/mol. The lowest BCUT2D eigenvalue weighted by Gasteiger charge is -2.29. The number of rotatable bonds is 7. The van der Waals surface area contributed by atoms with Crippen molar-refractivity contribution in [3.63, 3.8) is 0 Å². The molecule has 3 N–H and O–H groups in total. The second-order valence-electron chi connectivity index (χ2n) is 6.28. The van der Waals surface area contributed by atoms with Crippen LogP contribution in [0.2, 0.25) is 0 Å². The van der Waals surface area contributed by atoms with E-state index in [9.17, 15) is 4.79 Å². The summed E-state index contributed by atoms with van der Waals surface area (Å²) in [4.78, 5) is 16.9. The third-order valence-electron chi connectivity index (χ3n) is 4.35. The summed E-state index contributed by atoms with van der Waals surface area (Å²) in [5.41, 5.74) is 7.01. The fraction of sp³-hybridized carbons (Fsp3) is 0.556. The first-order valence-electron chi connectivity index (χ1n) is 8.42. The van der Waals surface area contributed by atoms with Gasteiger partial charge in [0.2, 0.25) is 0 Å². The molecule has 5 nitrogen and oxygen atoms in total. The minimum atomic E-state index is -0.122. The fourth-order valence-electron chi connectivity index (χ4n) is 2.92. The van der Waals surface area contributed by atoms with Crippen LogP contribution in [0, 0.1) is 5.92 Å². The minimum Gasteiger partial charge on any atom is -0.384 e. The molecular weight excluding hydrogens is 290 g/mol. The number of benzene rings is 1. The van der Waals surface area contributed by atoms with Crippen molar-refractivity contribution >= 4 is 11.7 Å². The number of carbonyl (C=O) groups excluding carboxylic acids is 1. The predicted octanol–water partition coefficient (Wildman–Crippen LogP) is 2.60. The van der Waals surface area contributed by atoms with Crippen LogP contribution in [-0.2, 0) is 16.1 Å². The number of nitrogens with zero attached hydrogens (tertiary/aromatic N) is 1. The van der Waals surface area contributed by atoms with Crippen molar-refractivity contribution in [3.8, 4) is 0 Å². The van der Waals surface area contributed by atoms with Gasteiger partial charge in [0.1, 0.15) is 5.84 Å². The van der Waals surface area contributed by atoms with Crippen LogP contribution in [0.4, 0.5) is 0 Å². The second kappa shape index (κ2) is 9.18. The van der Waals surface area contributed by atoms with E-state index in [1.165, 1.54) is 24.8 Å². The quantitative estimate of drug-likeness (QED) is 0.461. The highest BCUT2D eigenvalue weighted by molar-refractivity contribution is 5.80. The Morgan fingerprint density at radius 2 is 2.04 bits per heavy atom. The smallest absolute Gasteiger partial charge is 0.261 e. The lowest BCUT2D eigenvalue weighted by atomic mass is 9.86. The van der Waals surface area contributed by atoms with Gasteiger partial charge in [0.15, 0.2) is 6.61 Å². The van der Waals surface area contributed by atoms with E-state index in [0.29, 0.717) is 18.2 Å². The molecule has 1 fully saturated rings. The number of carbonyl (C=O) groups is 1. The van der Waals surface area contributed by atoms with Gasteiger partial charge in [-0.05, 0) is 30.7 Å². The fourth-order valence-corrected chi connectivity index (χ4v) is 2.92. The van der Waals surface area contributed by atoms with Crippen LogP contribution in [-0.4, -0.2) is 24.4 Å². The van der Waals surface area contributed by atoms with Gasteiger partial charge in [-0.15, -0.1) is 0 Å². The van der Waals surface area contributed by atoms with Crippen LogP contribution in [0.3, 0.4) is 0 Å². The molecule has 0 saturated heterocycles. The highest BCUT2D eigenvalue weighted by Crippen LogP contribution is 2.23. The van der Waals surface area contributed by atoms with E-state index >= 15 is 0 Å². The Hall–Kier alpha value is -2.04. The molecule has 1 saturated carbocycles. The number of amidine groups is 1. The summed E-state index contributed by atoms with van der Waals surface area (Å²) in [5, 5.41) is 6.85. The second-order valence-corrected chi connectivity index (χ2v) is 6.28. The van der Waals surface area contributed by atoms with Crippen LogP contribution in [0.25, 0.3) is 0 Å². The van der Waals surface area contributed by atoms with Crippen LogP contribution in [0.15, 0.2) is 35.5 Å². The van der Waals surface area contributed by atoms with Crippen LogP contribution < -0.4 is 11.1 Å². The molecule has 0 aliphatic heterocycles. The van der Waals surface area contributed by atoms with Gasteiger partial charge in [0.05, 0.1) is 0 Å².